The van der Waals surface area contributed by atoms with Crippen LogP contribution in [0.3, 0.4) is 0 Å². The van der Waals surface area contributed by atoms with E-state index in [1.807, 2.05) is 0 Å². The number of hydrogen-bond donors (Lipinski definition) is 6. The lowest BCUT2D eigenvalue weighted by atomic mass is 10.1. The molecule has 128 valence electrons. The van der Waals surface area contributed by atoms with Crippen LogP contribution in [-0.2, 0) is 9.30 Å². The standard InChI is InChI=1S/C9H11N5O5.H3O3P/c15-1-3-5(16)6(17)9(19-3)14-2-10-4-7(14)11-13-12-8(4)18;1-4(2)3/h2-3,5-6,9,15-17H,1H2,(H,11,12,18);4H,(H2,1,2,3)/t3-,5-,6-,9-;/m1./s1. The zero-order valence-corrected chi connectivity index (χ0v) is 12.3. The summed E-state index contributed by atoms with van der Waals surface area (Å²) in [4.78, 5) is 18.2. The van der Waals surface area contributed by atoms with Gasteiger partial charge in [-0.25, -0.2) is 4.98 Å². The Morgan fingerprint density at radius 3 is 2.48 bits per heavy atom. The van der Waals surface area contributed by atoms with E-state index in [1.165, 1.54) is 10.9 Å². The average molecular weight is 351 g/mol. The molecule has 13 nitrogen and oxygen atoms in total. The Morgan fingerprint density at radius 1 is 1.26 bits per heavy atom. The lowest BCUT2D eigenvalue weighted by Gasteiger charge is -2.15. The van der Waals surface area contributed by atoms with Crippen molar-refractivity contribution in [2.24, 2.45) is 0 Å². The van der Waals surface area contributed by atoms with Crippen molar-refractivity contribution >= 4 is 19.4 Å². The number of aromatic hydroxyl groups is 1. The number of fused-ring (bicyclic) bond motifs is 1. The van der Waals surface area contributed by atoms with Crippen molar-refractivity contribution in [1.29, 1.82) is 0 Å². The zero-order valence-electron chi connectivity index (χ0n) is 11.3. The second kappa shape index (κ2) is 7.23. The van der Waals surface area contributed by atoms with Crippen molar-refractivity contribution in [3.63, 3.8) is 0 Å². The maximum atomic E-state index is 9.90. The van der Waals surface area contributed by atoms with Gasteiger partial charge in [0.05, 0.1) is 12.9 Å². The molecule has 14 heteroatoms. The molecule has 2 aromatic heterocycles. The second-order valence-corrected chi connectivity index (χ2v) is 5.01. The maximum absolute atomic E-state index is 9.90. The SMILES string of the molecule is O=[PH](O)O.OC[C@H]1O[C@@H](n2cnc3c(O)nnnc32)[C@H](O)[C@@H]1O. The fourth-order valence-electron chi connectivity index (χ4n) is 2.06. The summed E-state index contributed by atoms with van der Waals surface area (Å²) in [5, 5.41) is 48.5. The van der Waals surface area contributed by atoms with Crippen molar-refractivity contribution in [2.75, 3.05) is 6.61 Å². The van der Waals surface area contributed by atoms with Gasteiger partial charge in [0.25, 0.3) is 5.88 Å². The highest BCUT2D eigenvalue weighted by Crippen LogP contribution is 2.31. The molecule has 0 radical (unpaired) electrons. The van der Waals surface area contributed by atoms with Crippen LogP contribution in [0.4, 0.5) is 0 Å². The fraction of sp³-hybridized carbons (Fsp3) is 0.556. The van der Waals surface area contributed by atoms with E-state index in [1.54, 1.807) is 0 Å². The number of imidazole rings is 1. The predicted molar refractivity (Wildman–Crippen MR) is 71.2 cm³/mol. The number of aromatic nitrogens is 5. The summed E-state index contributed by atoms with van der Waals surface area (Å²) in [6.07, 6.45) is -3.09. The van der Waals surface area contributed by atoms with E-state index in [2.05, 4.69) is 20.4 Å². The Labute approximate surface area is 128 Å². The lowest BCUT2D eigenvalue weighted by Crippen LogP contribution is -2.33. The van der Waals surface area contributed by atoms with Crippen LogP contribution in [0, 0.1) is 0 Å². The molecule has 0 unspecified atom stereocenters. The van der Waals surface area contributed by atoms with Crippen molar-refractivity contribution < 1.29 is 39.5 Å². The number of ether oxygens (including phenoxy) is 1. The molecule has 1 aliphatic rings. The predicted octanol–water partition coefficient (Wildman–Crippen LogP) is -3.10. The first kappa shape index (κ1) is 17.6. The molecule has 2 aromatic rings. The number of aliphatic hydroxyl groups is 3. The lowest BCUT2D eigenvalue weighted by molar-refractivity contribution is -0.0511. The summed E-state index contributed by atoms with van der Waals surface area (Å²) in [5.41, 5.74) is 0.259. The van der Waals surface area contributed by atoms with Gasteiger partial charge in [-0.2, -0.15) is 0 Å². The van der Waals surface area contributed by atoms with Gasteiger partial charge in [-0.15, -0.1) is 5.10 Å². The monoisotopic (exact) mass is 351 g/mol. The summed E-state index contributed by atoms with van der Waals surface area (Å²) >= 11 is 0. The molecule has 0 aliphatic carbocycles. The Hall–Kier alpha value is -1.73. The molecule has 0 bridgehead atoms. The fourth-order valence-corrected chi connectivity index (χ4v) is 2.06. The molecule has 4 atom stereocenters. The normalized spacial score (nSPS) is 27.2. The third-order valence-electron chi connectivity index (χ3n) is 3.05. The van der Waals surface area contributed by atoms with Crippen LogP contribution in [0.2, 0.25) is 0 Å². The van der Waals surface area contributed by atoms with E-state index >= 15 is 0 Å². The van der Waals surface area contributed by atoms with Gasteiger partial charge in [0.1, 0.15) is 18.3 Å². The molecule has 3 rings (SSSR count). The molecule has 0 saturated carbocycles. The third kappa shape index (κ3) is 3.61. The molecular weight excluding hydrogens is 337 g/mol. The van der Waals surface area contributed by atoms with Gasteiger partial charge in [-0.05, 0) is 5.21 Å². The third-order valence-corrected chi connectivity index (χ3v) is 3.05. The van der Waals surface area contributed by atoms with E-state index in [0.717, 1.165) is 0 Å². The van der Waals surface area contributed by atoms with Crippen LogP contribution < -0.4 is 0 Å². The largest absolute Gasteiger partial charge is 0.491 e. The van der Waals surface area contributed by atoms with Crippen molar-refractivity contribution in [3.05, 3.63) is 6.33 Å². The minimum absolute atomic E-state index is 0.104. The van der Waals surface area contributed by atoms with Crippen molar-refractivity contribution in [2.45, 2.75) is 24.5 Å². The second-order valence-electron chi connectivity index (χ2n) is 4.45. The van der Waals surface area contributed by atoms with Crippen molar-refractivity contribution in [1.82, 2.24) is 25.0 Å². The number of rotatable bonds is 2. The molecule has 1 aliphatic heterocycles. The van der Waals surface area contributed by atoms with Gasteiger partial charge in [0, 0.05) is 0 Å². The Kier molecular flexibility index (Phi) is 5.54. The van der Waals surface area contributed by atoms with Gasteiger partial charge in [0.2, 0.25) is 0 Å². The first-order chi connectivity index (χ1) is 10.9. The number of hydrogen-bond acceptors (Lipinski definition) is 10. The molecule has 1 saturated heterocycles. The van der Waals surface area contributed by atoms with E-state index in [9.17, 15) is 15.3 Å². The molecular formula is C9H14N5O8P. The topological polar surface area (TPSA) is 204 Å². The van der Waals surface area contributed by atoms with Gasteiger partial charge in [0.15, 0.2) is 17.4 Å². The van der Waals surface area contributed by atoms with Gasteiger partial charge in [-0.3, -0.25) is 9.13 Å². The molecule has 1 fully saturated rings. The van der Waals surface area contributed by atoms with Crippen molar-refractivity contribution in [3.8, 4) is 5.88 Å². The van der Waals surface area contributed by atoms with E-state index in [4.69, 9.17) is 24.2 Å². The molecule has 23 heavy (non-hydrogen) atoms. The summed E-state index contributed by atoms with van der Waals surface area (Å²) in [6.45, 7) is -0.431. The summed E-state index contributed by atoms with van der Waals surface area (Å²) in [7, 11) is -3.13. The number of aliphatic hydroxyl groups excluding tert-OH is 3. The van der Waals surface area contributed by atoms with Crippen LogP contribution in [0.25, 0.3) is 11.2 Å². The van der Waals surface area contributed by atoms with Gasteiger partial charge in [-0.1, -0.05) is 5.10 Å². The highest BCUT2D eigenvalue weighted by atomic mass is 31.1. The van der Waals surface area contributed by atoms with Crippen LogP contribution in [-0.4, -0.2) is 80.1 Å². The molecule has 0 amide bonds. The summed E-state index contributed by atoms with van der Waals surface area (Å²) in [5.74, 6) is -0.393. The van der Waals surface area contributed by atoms with E-state index in [-0.39, 0.29) is 11.2 Å². The molecule has 6 N–H and O–H groups in total. The summed E-state index contributed by atoms with van der Waals surface area (Å²) in [6, 6.07) is 0. The first-order valence-corrected chi connectivity index (χ1v) is 7.46. The maximum Gasteiger partial charge on any atom is 0.314 e. The van der Waals surface area contributed by atoms with E-state index < -0.39 is 45.3 Å². The molecule has 3 heterocycles. The number of nitrogens with zero attached hydrogens (tertiary/aromatic N) is 5. The van der Waals surface area contributed by atoms with Gasteiger partial charge >= 0.3 is 8.25 Å². The van der Waals surface area contributed by atoms with Crippen LogP contribution in [0.15, 0.2) is 6.33 Å². The van der Waals surface area contributed by atoms with Gasteiger partial charge < -0.3 is 34.9 Å². The highest BCUT2D eigenvalue weighted by molar-refractivity contribution is 7.30. The Morgan fingerprint density at radius 2 is 1.91 bits per heavy atom. The highest BCUT2D eigenvalue weighted by Gasteiger charge is 2.44. The van der Waals surface area contributed by atoms with Crippen LogP contribution in [0.1, 0.15) is 6.23 Å². The Balaban J connectivity index is 0.000000433. The quantitative estimate of drug-likeness (QED) is 0.298. The zero-order chi connectivity index (χ0) is 17.1. The molecule has 0 spiro atoms. The van der Waals surface area contributed by atoms with Crippen LogP contribution in [0.5, 0.6) is 5.88 Å². The average Bonchev–Trinajstić information content (AvgIpc) is 3.02. The minimum Gasteiger partial charge on any atom is -0.491 e. The Bertz CT molecular complexity index is 694. The smallest absolute Gasteiger partial charge is 0.314 e. The minimum atomic E-state index is -3.13. The summed E-state index contributed by atoms with van der Waals surface area (Å²) < 4.78 is 15.4. The molecule has 0 aromatic carbocycles. The first-order valence-electron chi connectivity index (χ1n) is 6.16. The van der Waals surface area contributed by atoms with E-state index in [0.29, 0.717) is 0 Å². The van der Waals surface area contributed by atoms with Crippen LogP contribution >= 0.6 is 8.25 Å².